The molecule has 34 heavy (non-hydrogen) atoms. The molecule has 1 heterocycles. The van der Waals surface area contributed by atoms with Crippen molar-refractivity contribution in [1.29, 1.82) is 0 Å². The van der Waals surface area contributed by atoms with Gasteiger partial charge in [-0.3, -0.25) is 14.4 Å². The molecule has 2 aromatic rings. The van der Waals surface area contributed by atoms with Gasteiger partial charge in [-0.25, -0.2) is 8.78 Å². The summed E-state index contributed by atoms with van der Waals surface area (Å²) >= 11 is 11.8. The van der Waals surface area contributed by atoms with Crippen molar-refractivity contribution in [3.63, 3.8) is 0 Å². The van der Waals surface area contributed by atoms with Gasteiger partial charge in [0, 0.05) is 24.1 Å². The van der Waals surface area contributed by atoms with E-state index in [1.807, 2.05) is 0 Å². The Bertz CT molecular complexity index is 1210. The molecule has 2 bridgehead atoms. The molecule has 6 rings (SSSR count). The van der Waals surface area contributed by atoms with Crippen LogP contribution in [0.2, 0.25) is 10.0 Å². The van der Waals surface area contributed by atoms with Gasteiger partial charge in [0.15, 0.2) is 35.9 Å². The van der Waals surface area contributed by atoms with Gasteiger partial charge in [-0.15, -0.1) is 0 Å². The zero-order valence-corrected chi connectivity index (χ0v) is 19.3. The second-order valence-electron chi connectivity index (χ2n) is 9.36. The van der Waals surface area contributed by atoms with Crippen LogP contribution in [0.15, 0.2) is 30.3 Å². The summed E-state index contributed by atoms with van der Waals surface area (Å²) in [5.41, 5.74) is -0.650. The molecule has 3 fully saturated rings. The first-order chi connectivity index (χ1) is 16.1. The number of ketones is 2. The predicted octanol–water partition coefficient (Wildman–Crippen LogP) is 4.68. The van der Waals surface area contributed by atoms with E-state index in [1.165, 1.54) is 6.07 Å². The van der Waals surface area contributed by atoms with E-state index < -0.39 is 23.5 Å². The molecule has 0 saturated heterocycles. The minimum Gasteiger partial charge on any atom is -0.484 e. The second-order valence-corrected chi connectivity index (χ2v) is 10.2. The molecule has 178 valence electrons. The average Bonchev–Trinajstić information content (AvgIpc) is 2.73. The average molecular weight is 510 g/mol. The molecule has 1 N–H and O–H groups in total. The number of rotatable bonds is 7. The number of fused-ring (bicyclic) bond motifs is 1. The largest absolute Gasteiger partial charge is 0.484 e. The number of Topliss-reactive ketones (excluding diaryl/α,β-unsaturated/α-hetero) is 2. The minimum atomic E-state index is -1.14. The quantitative estimate of drug-likeness (QED) is 0.585. The third-order valence-corrected chi connectivity index (χ3v) is 7.42. The normalized spacial score (nSPS) is 26.5. The molecule has 4 aliphatic rings. The number of halogens is 4. The van der Waals surface area contributed by atoms with E-state index in [9.17, 15) is 23.2 Å². The van der Waals surface area contributed by atoms with Crippen LogP contribution in [0, 0.1) is 17.0 Å². The van der Waals surface area contributed by atoms with Crippen LogP contribution < -0.4 is 14.8 Å². The molecule has 2 aromatic carbocycles. The Balaban J connectivity index is 1.11. The van der Waals surface area contributed by atoms with E-state index >= 15 is 0 Å². The van der Waals surface area contributed by atoms with Crippen LogP contribution in [0.5, 0.6) is 11.5 Å². The Morgan fingerprint density at radius 2 is 1.79 bits per heavy atom. The number of hydrogen-bond donors (Lipinski definition) is 1. The van der Waals surface area contributed by atoms with Crippen LogP contribution in [-0.2, 0) is 9.59 Å². The van der Waals surface area contributed by atoms with Gasteiger partial charge < -0.3 is 14.8 Å². The summed E-state index contributed by atoms with van der Waals surface area (Å²) in [6.45, 7) is -0.180. The Morgan fingerprint density at radius 1 is 1.09 bits per heavy atom. The number of carbonyl (C=O) groups excluding carboxylic acids is 3. The highest BCUT2D eigenvalue weighted by Gasteiger charge is 2.68. The zero-order valence-electron chi connectivity index (χ0n) is 17.8. The molecule has 1 aliphatic heterocycles. The molecule has 10 heteroatoms. The summed E-state index contributed by atoms with van der Waals surface area (Å²) in [5.74, 6) is -2.96. The maximum absolute atomic E-state index is 13.5. The summed E-state index contributed by atoms with van der Waals surface area (Å²) in [5, 5.41) is 3.69. The van der Waals surface area contributed by atoms with Crippen molar-refractivity contribution in [3.05, 3.63) is 57.6 Å². The maximum atomic E-state index is 13.5. The first-order valence-corrected chi connectivity index (χ1v) is 11.4. The van der Waals surface area contributed by atoms with Crippen LogP contribution >= 0.6 is 23.2 Å². The smallest absolute Gasteiger partial charge is 0.258 e. The molecule has 1 amide bonds. The number of nitrogens with one attached hydrogen (secondary N) is 1. The number of amides is 1. The van der Waals surface area contributed by atoms with Gasteiger partial charge in [-0.1, -0.05) is 23.2 Å². The van der Waals surface area contributed by atoms with Crippen molar-refractivity contribution >= 4 is 40.7 Å². The predicted molar refractivity (Wildman–Crippen MR) is 118 cm³/mol. The Hall–Kier alpha value is -2.71. The van der Waals surface area contributed by atoms with E-state index in [-0.39, 0.29) is 53.4 Å². The van der Waals surface area contributed by atoms with Gasteiger partial charge >= 0.3 is 0 Å². The second kappa shape index (κ2) is 8.20. The molecule has 0 radical (unpaired) electrons. The summed E-state index contributed by atoms with van der Waals surface area (Å²) in [4.78, 5) is 37.4. The highest BCUT2D eigenvalue weighted by molar-refractivity contribution is 6.42. The lowest BCUT2D eigenvalue weighted by Crippen LogP contribution is -2.75. The van der Waals surface area contributed by atoms with Crippen molar-refractivity contribution in [2.45, 2.75) is 43.7 Å². The fourth-order valence-corrected chi connectivity index (χ4v) is 5.63. The Morgan fingerprint density at radius 3 is 2.50 bits per heavy atom. The summed E-state index contributed by atoms with van der Waals surface area (Å²) in [6, 6.07) is 6.32. The van der Waals surface area contributed by atoms with Crippen molar-refractivity contribution < 1.29 is 32.6 Å². The molecular weight excluding hydrogens is 491 g/mol. The van der Waals surface area contributed by atoms with Gasteiger partial charge in [-0.2, -0.15) is 0 Å². The molecule has 1 atom stereocenters. The van der Waals surface area contributed by atoms with Crippen molar-refractivity contribution in [2.75, 3.05) is 6.61 Å². The first kappa shape index (κ1) is 23.1. The van der Waals surface area contributed by atoms with Gasteiger partial charge in [0.2, 0.25) is 0 Å². The van der Waals surface area contributed by atoms with E-state index in [2.05, 4.69) is 5.32 Å². The standard InChI is InChI=1S/C24H19Cl2F2NO5/c25-14-2-1-12(3-15(14)26)33-8-22(32)29-24-9-23(10-24,11-24)7-19(31)21-6-18(30)13-4-16(27)17(28)5-20(13)34-21/h1-5,21H,6-11H2,(H,29,32)/t21-,23?,24?/m0/s1. The highest BCUT2D eigenvalue weighted by atomic mass is 35.5. The van der Waals surface area contributed by atoms with Gasteiger partial charge in [0.25, 0.3) is 5.91 Å². The lowest BCUT2D eigenvalue weighted by Gasteiger charge is -2.70. The van der Waals surface area contributed by atoms with E-state index in [0.29, 0.717) is 35.1 Å². The minimum absolute atomic E-state index is 0.0572. The number of benzene rings is 2. The fourth-order valence-electron chi connectivity index (χ4n) is 5.35. The third-order valence-electron chi connectivity index (χ3n) is 6.68. The Kier molecular flexibility index (Phi) is 5.56. The van der Waals surface area contributed by atoms with E-state index in [4.69, 9.17) is 32.7 Å². The SMILES string of the molecule is O=C(COc1ccc(Cl)c(Cl)c1)NC12CC(CC(=O)[C@@H]3CC(=O)c4cc(F)c(F)cc4O3)(C1)C2. The Labute approximate surface area is 203 Å². The van der Waals surface area contributed by atoms with Crippen molar-refractivity contribution in [1.82, 2.24) is 5.32 Å². The van der Waals surface area contributed by atoms with Gasteiger partial charge in [0.1, 0.15) is 11.5 Å². The molecule has 3 saturated carbocycles. The van der Waals surface area contributed by atoms with Crippen molar-refractivity contribution in [2.24, 2.45) is 5.41 Å². The lowest BCUT2D eigenvalue weighted by atomic mass is 9.38. The molecule has 3 aliphatic carbocycles. The van der Waals surface area contributed by atoms with E-state index in [0.717, 1.165) is 12.1 Å². The lowest BCUT2D eigenvalue weighted by molar-refractivity contribution is -0.175. The van der Waals surface area contributed by atoms with E-state index in [1.54, 1.807) is 12.1 Å². The summed E-state index contributed by atoms with van der Waals surface area (Å²) in [6.07, 6.45) is 0.885. The molecular formula is C24H19Cl2F2NO5. The van der Waals surface area contributed by atoms with Crippen LogP contribution in [-0.4, -0.2) is 35.7 Å². The maximum Gasteiger partial charge on any atom is 0.258 e. The number of carbonyl (C=O) groups is 3. The molecule has 0 aromatic heterocycles. The topological polar surface area (TPSA) is 81.7 Å². The van der Waals surface area contributed by atoms with Crippen molar-refractivity contribution in [3.8, 4) is 11.5 Å². The van der Waals surface area contributed by atoms with Crippen LogP contribution in [0.4, 0.5) is 8.78 Å². The highest BCUT2D eigenvalue weighted by Crippen LogP contribution is 2.69. The monoisotopic (exact) mass is 509 g/mol. The zero-order chi connectivity index (χ0) is 24.3. The summed E-state index contributed by atoms with van der Waals surface area (Å²) < 4.78 is 37.9. The first-order valence-electron chi connectivity index (χ1n) is 10.7. The number of hydrogen-bond acceptors (Lipinski definition) is 5. The van der Waals surface area contributed by atoms with Gasteiger partial charge in [0.05, 0.1) is 22.0 Å². The van der Waals surface area contributed by atoms with Gasteiger partial charge in [-0.05, 0) is 42.9 Å². The molecule has 6 nitrogen and oxygen atoms in total. The third kappa shape index (κ3) is 4.14. The van der Waals surface area contributed by atoms with Crippen LogP contribution in [0.3, 0.4) is 0 Å². The summed E-state index contributed by atoms with van der Waals surface area (Å²) in [7, 11) is 0. The number of ether oxygens (including phenoxy) is 2. The van der Waals surface area contributed by atoms with Crippen LogP contribution in [0.25, 0.3) is 0 Å². The van der Waals surface area contributed by atoms with Crippen LogP contribution in [0.1, 0.15) is 42.5 Å². The molecule has 0 spiro atoms. The molecule has 0 unspecified atom stereocenters. The fraction of sp³-hybridized carbons (Fsp3) is 0.375.